The van der Waals surface area contributed by atoms with Gasteiger partial charge in [0.05, 0.1) is 5.69 Å². The maximum absolute atomic E-state index is 13.5. The maximum Gasteiger partial charge on any atom is 0.407 e. The van der Waals surface area contributed by atoms with Crippen LogP contribution in [0, 0.1) is 11.6 Å². The highest BCUT2D eigenvalue weighted by atomic mass is 19.1. The van der Waals surface area contributed by atoms with Crippen LogP contribution in [-0.2, 0) is 4.74 Å². The number of carbonyl (C=O) groups excluding carboxylic acids is 2. The number of ether oxygens (including phenoxy) is 1. The van der Waals surface area contributed by atoms with Crippen LogP contribution in [0.15, 0.2) is 18.2 Å². The minimum atomic E-state index is -0.865. The van der Waals surface area contributed by atoms with Crippen molar-refractivity contribution in [2.24, 2.45) is 0 Å². The molecular formula is C16H23F2N3O3. The summed E-state index contributed by atoms with van der Waals surface area (Å²) in [6, 6.07) is 1.91. The molecule has 24 heavy (non-hydrogen) atoms. The Morgan fingerprint density at radius 1 is 1.29 bits per heavy atom. The van der Waals surface area contributed by atoms with Gasteiger partial charge in [-0.15, -0.1) is 0 Å². The van der Waals surface area contributed by atoms with Crippen LogP contribution < -0.4 is 10.6 Å². The molecule has 0 aromatic heterocycles. The summed E-state index contributed by atoms with van der Waals surface area (Å²) in [5.41, 5.74) is -0.739. The number of halogens is 2. The molecule has 1 rings (SSSR count). The molecule has 6 nitrogen and oxygen atoms in total. The van der Waals surface area contributed by atoms with Gasteiger partial charge >= 0.3 is 12.1 Å². The molecule has 0 aliphatic rings. The first kappa shape index (κ1) is 19.7. The molecule has 0 aliphatic heterocycles. The Kier molecular flexibility index (Phi) is 6.51. The van der Waals surface area contributed by atoms with E-state index in [9.17, 15) is 18.4 Å². The third kappa shape index (κ3) is 6.39. The van der Waals surface area contributed by atoms with Crippen LogP contribution in [0.2, 0.25) is 0 Å². The zero-order chi connectivity index (χ0) is 18.5. The topological polar surface area (TPSA) is 70.7 Å². The van der Waals surface area contributed by atoms with Gasteiger partial charge in [-0.1, -0.05) is 0 Å². The predicted octanol–water partition coefficient (Wildman–Crippen LogP) is 3.34. The number of urea groups is 1. The quantitative estimate of drug-likeness (QED) is 0.881. The van der Waals surface area contributed by atoms with E-state index in [4.69, 9.17) is 4.74 Å². The number of anilines is 1. The van der Waals surface area contributed by atoms with Crippen molar-refractivity contribution >= 4 is 17.8 Å². The third-order valence-electron chi connectivity index (χ3n) is 3.09. The smallest absolute Gasteiger partial charge is 0.407 e. The van der Waals surface area contributed by atoms with E-state index in [-0.39, 0.29) is 18.3 Å². The molecule has 0 radical (unpaired) electrons. The van der Waals surface area contributed by atoms with Crippen molar-refractivity contribution in [2.45, 2.75) is 39.3 Å². The second kappa shape index (κ2) is 7.94. The fraction of sp³-hybridized carbons (Fsp3) is 0.500. The van der Waals surface area contributed by atoms with Crippen LogP contribution >= 0.6 is 0 Å². The number of nitrogens with zero attached hydrogens (tertiary/aromatic N) is 1. The fourth-order valence-electron chi connectivity index (χ4n) is 1.68. The van der Waals surface area contributed by atoms with Gasteiger partial charge in [0.2, 0.25) is 0 Å². The van der Waals surface area contributed by atoms with Crippen LogP contribution in [0.3, 0.4) is 0 Å². The number of alkyl carbamates (subject to hydrolysis) is 1. The van der Waals surface area contributed by atoms with E-state index < -0.39 is 29.4 Å². The van der Waals surface area contributed by atoms with Crippen LogP contribution in [0.4, 0.5) is 24.1 Å². The molecule has 3 amide bonds. The number of nitrogens with one attached hydrogen (secondary N) is 2. The van der Waals surface area contributed by atoms with Crippen LogP contribution in [-0.4, -0.2) is 42.3 Å². The number of likely N-dealkylation sites (N-methyl/N-ethyl adjacent to an activating group) is 1. The highest BCUT2D eigenvalue weighted by Crippen LogP contribution is 2.15. The van der Waals surface area contributed by atoms with Gasteiger partial charge in [0.25, 0.3) is 0 Å². The van der Waals surface area contributed by atoms with E-state index in [0.717, 1.165) is 12.1 Å². The normalized spacial score (nSPS) is 12.3. The van der Waals surface area contributed by atoms with Crippen LogP contribution in [0.25, 0.3) is 0 Å². The highest BCUT2D eigenvalue weighted by molar-refractivity contribution is 5.89. The van der Waals surface area contributed by atoms with Crippen molar-refractivity contribution in [2.75, 3.05) is 18.9 Å². The Morgan fingerprint density at radius 2 is 1.92 bits per heavy atom. The number of hydrogen-bond acceptors (Lipinski definition) is 3. The molecular weight excluding hydrogens is 320 g/mol. The third-order valence-corrected chi connectivity index (χ3v) is 3.09. The monoisotopic (exact) mass is 343 g/mol. The Labute approximate surface area is 140 Å². The molecule has 134 valence electrons. The summed E-state index contributed by atoms with van der Waals surface area (Å²) in [5, 5.41) is 4.90. The number of carbonyl (C=O) groups is 2. The van der Waals surface area contributed by atoms with Gasteiger partial charge in [-0.3, -0.25) is 0 Å². The van der Waals surface area contributed by atoms with Crippen molar-refractivity contribution in [1.29, 1.82) is 0 Å². The molecule has 1 unspecified atom stereocenters. The van der Waals surface area contributed by atoms with Crippen LogP contribution in [0.1, 0.15) is 27.7 Å². The summed E-state index contributed by atoms with van der Waals surface area (Å²) in [7, 11) is 1.50. The molecule has 8 heteroatoms. The molecule has 0 heterocycles. The molecule has 1 aromatic carbocycles. The van der Waals surface area contributed by atoms with Gasteiger partial charge in [-0.05, 0) is 39.8 Å². The zero-order valence-electron chi connectivity index (χ0n) is 14.4. The number of hydrogen-bond donors (Lipinski definition) is 2. The molecule has 0 saturated carbocycles. The first-order valence-corrected chi connectivity index (χ1v) is 7.45. The highest BCUT2D eigenvalue weighted by Gasteiger charge is 2.20. The SMILES string of the molecule is CC(CNC(=O)OC(C)(C)C)N(C)C(=O)Nc1ccc(F)cc1F. The molecule has 2 N–H and O–H groups in total. The van der Waals surface area contributed by atoms with E-state index in [1.54, 1.807) is 27.7 Å². The average Bonchev–Trinajstić information content (AvgIpc) is 2.45. The van der Waals surface area contributed by atoms with Gasteiger partial charge in [0, 0.05) is 25.7 Å². The van der Waals surface area contributed by atoms with Crippen molar-refractivity contribution < 1.29 is 23.1 Å². The van der Waals surface area contributed by atoms with E-state index in [1.165, 1.54) is 11.9 Å². The first-order valence-electron chi connectivity index (χ1n) is 7.45. The minimum absolute atomic E-state index is 0.124. The van der Waals surface area contributed by atoms with Crippen LogP contribution in [0.5, 0.6) is 0 Å². The molecule has 0 bridgehead atoms. The summed E-state index contributed by atoms with van der Waals surface area (Å²) in [6.07, 6.45) is -0.590. The zero-order valence-corrected chi connectivity index (χ0v) is 14.4. The molecule has 0 spiro atoms. The Morgan fingerprint density at radius 3 is 2.46 bits per heavy atom. The van der Waals surface area contributed by atoms with E-state index in [0.29, 0.717) is 6.07 Å². The Hall–Kier alpha value is -2.38. The summed E-state index contributed by atoms with van der Waals surface area (Å²) >= 11 is 0. The fourth-order valence-corrected chi connectivity index (χ4v) is 1.68. The maximum atomic E-state index is 13.5. The van der Waals surface area contributed by atoms with Crippen molar-refractivity contribution in [3.05, 3.63) is 29.8 Å². The van der Waals surface area contributed by atoms with Gasteiger partial charge in [-0.2, -0.15) is 0 Å². The lowest BCUT2D eigenvalue weighted by Gasteiger charge is -2.26. The van der Waals surface area contributed by atoms with Gasteiger partial charge in [0.15, 0.2) is 0 Å². The lowest BCUT2D eigenvalue weighted by molar-refractivity contribution is 0.0516. The lowest BCUT2D eigenvalue weighted by Crippen LogP contribution is -2.45. The van der Waals surface area contributed by atoms with Crippen molar-refractivity contribution in [1.82, 2.24) is 10.2 Å². The van der Waals surface area contributed by atoms with E-state index in [1.807, 2.05) is 0 Å². The largest absolute Gasteiger partial charge is 0.444 e. The molecule has 0 fully saturated rings. The van der Waals surface area contributed by atoms with Crippen molar-refractivity contribution in [3.8, 4) is 0 Å². The molecule has 1 aromatic rings. The molecule has 0 aliphatic carbocycles. The van der Waals surface area contributed by atoms with E-state index >= 15 is 0 Å². The minimum Gasteiger partial charge on any atom is -0.444 e. The summed E-state index contributed by atoms with van der Waals surface area (Å²) in [6.45, 7) is 7.09. The Bertz CT molecular complexity index is 603. The van der Waals surface area contributed by atoms with Gasteiger partial charge < -0.3 is 20.3 Å². The predicted molar refractivity (Wildman–Crippen MR) is 86.8 cm³/mol. The lowest BCUT2D eigenvalue weighted by atomic mass is 10.2. The first-order chi connectivity index (χ1) is 11.0. The Balaban J connectivity index is 2.54. The number of benzene rings is 1. The molecule has 1 atom stereocenters. The van der Waals surface area contributed by atoms with Crippen molar-refractivity contribution in [3.63, 3.8) is 0 Å². The van der Waals surface area contributed by atoms with Gasteiger partial charge in [-0.25, -0.2) is 18.4 Å². The molecule has 0 saturated heterocycles. The summed E-state index contributed by atoms with van der Waals surface area (Å²) in [4.78, 5) is 25.0. The second-order valence-electron chi connectivity index (χ2n) is 6.40. The second-order valence-corrected chi connectivity index (χ2v) is 6.40. The standard InChI is InChI=1S/C16H23F2N3O3/c1-10(9-19-15(23)24-16(2,3)4)21(5)14(22)20-13-7-6-11(17)8-12(13)18/h6-8,10H,9H2,1-5H3,(H,19,23)(H,20,22). The van der Waals surface area contributed by atoms with Gasteiger partial charge in [0.1, 0.15) is 17.2 Å². The average molecular weight is 343 g/mol. The summed E-state index contributed by atoms with van der Waals surface area (Å²) in [5.74, 6) is -1.59. The summed E-state index contributed by atoms with van der Waals surface area (Å²) < 4.78 is 31.5. The number of rotatable bonds is 4. The van der Waals surface area contributed by atoms with E-state index in [2.05, 4.69) is 10.6 Å². The number of amides is 3.